The third-order valence-electron chi connectivity index (χ3n) is 4.35. The minimum atomic E-state index is -0.107. The predicted octanol–water partition coefficient (Wildman–Crippen LogP) is 2.97. The van der Waals surface area contributed by atoms with Crippen molar-refractivity contribution < 1.29 is 4.79 Å². The van der Waals surface area contributed by atoms with Gasteiger partial charge in [-0.2, -0.15) is 5.10 Å². The van der Waals surface area contributed by atoms with Crippen molar-refractivity contribution >= 4 is 16.8 Å². The van der Waals surface area contributed by atoms with E-state index in [1.54, 1.807) is 10.7 Å². The number of aromatic nitrogens is 2. The van der Waals surface area contributed by atoms with Crippen LogP contribution in [0.2, 0.25) is 0 Å². The molecule has 5 heteroatoms. The summed E-state index contributed by atoms with van der Waals surface area (Å²) < 4.78 is 1.70. The largest absolute Gasteiger partial charge is 0.350 e. The number of carbonyl (C=O) groups excluding carboxylic acids is 1. The van der Waals surface area contributed by atoms with Crippen molar-refractivity contribution in [2.75, 3.05) is 0 Å². The highest BCUT2D eigenvalue weighted by Gasteiger charge is 2.12. The maximum absolute atomic E-state index is 12.3. The third-order valence-corrected chi connectivity index (χ3v) is 4.35. The van der Waals surface area contributed by atoms with Crippen LogP contribution in [0.4, 0.5) is 0 Å². The number of nitrogens with zero attached hydrogens (tertiary/aromatic N) is 2. The van der Waals surface area contributed by atoms with Gasteiger partial charge in [-0.3, -0.25) is 14.3 Å². The first-order valence-electron chi connectivity index (χ1n) is 8.36. The van der Waals surface area contributed by atoms with Crippen LogP contribution in [0.25, 0.3) is 10.9 Å². The molecule has 1 aromatic heterocycles. The fraction of sp³-hybridized carbons (Fsp3) is 0.250. The molecule has 0 aliphatic heterocycles. The lowest BCUT2D eigenvalue weighted by molar-refractivity contribution is -0.122. The molecular formula is C20H21N3O2. The fourth-order valence-corrected chi connectivity index (χ4v) is 3.01. The van der Waals surface area contributed by atoms with Crippen molar-refractivity contribution in [2.24, 2.45) is 0 Å². The van der Waals surface area contributed by atoms with Crippen LogP contribution in [-0.4, -0.2) is 15.7 Å². The molecule has 0 radical (unpaired) electrons. The molecule has 2 aromatic carbocycles. The van der Waals surface area contributed by atoms with E-state index < -0.39 is 0 Å². The monoisotopic (exact) mass is 335 g/mol. The second-order valence-electron chi connectivity index (χ2n) is 6.14. The van der Waals surface area contributed by atoms with Crippen LogP contribution in [0.3, 0.4) is 0 Å². The zero-order valence-electron chi connectivity index (χ0n) is 14.4. The van der Waals surface area contributed by atoms with Crippen LogP contribution in [0.5, 0.6) is 0 Å². The summed E-state index contributed by atoms with van der Waals surface area (Å²) in [5.41, 5.74) is 2.91. The molecule has 0 spiro atoms. The number of amides is 1. The van der Waals surface area contributed by atoms with Gasteiger partial charge in [-0.15, -0.1) is 0 Å². The molecule has 1 amide bonds. The molecular weight excluding hydrogens is 314 g/mol. The summed E-state index contributed by atoms with van der Waals surface area (Å²) >= 11 is 0. The van der Waals surface area contributed by atoms with E-state index in [1.165, 1.54) is 6.20 Å². The fourth-order valence-electron chi connectivity index (χ4n) is 3.01. The van der Waals surface area contributed by atoms with Gasteiger partial charge in [0.25, 0.3) is 0 Å². The Bertz CT molecular complexity index is 962. The van der Waals surface area contributed by atoms with Gasteiger partial charge < -0.3 is 5.32 Å². The summed E-state index contributed by atoms with van der Waals surface area (Å²) in [7, 11) is 0. The molecule has 0 aliphatic carbocycles. The highest BCUT2D eigenvalue weighted by atomic mass is 16.1. The van der Waals surface area contributed by atoms with E-state index in [0.717, 1.165) is 16.6 Å². The van der Waals surface area contributed by atoms with Crippen molar-refractivity contribution in [1.82, 2.24) is 15.1 Å². The van der Waals surface area contributed by atoms with Gasteiger partial charge in [0.1, 0.15) is 0 Å². The molecule has 128 valence electrons. The maximum Gasteiger partial charge on any atom is 0.222 e. The smallest absolute Gasteiger partial charge is 0.222 e. The van der Waals surface area contributed by atoms with Crippen LogP contribution in [0.1, 0.15) is 30.5 Å². The molecule has 1 atom stereocenters. The Morgan fingerprint density at radius 1 is 1.16 bits per heavy atom. The van der Waals surface area contributed by atoms with Crippen molar-refractivity contribution in [2.45, 2.75) is 32.9 Å². The van der Waals surface area contributed by atoms with Gasteiger partial charge in [-0.25, -0.2) is 0 Å². The minimum Gasteiger partial charge on any atom is -0.350 e. The summed E-state index contributed by atoms with van der Waals surface area (Å²) in [5, 5.41) is 7.80. The maximum atomic E-state index is 12.3. The number of fused-ring (bicyclic) bond motifs is 1. The molecule has 0 aliphatic rings. The first-order valence-corrected chi connectivity index (χ1v) is 8.36. The van der Waals surface area contributed by atoms with Gasteiger partial charge in [-0.1, -0.05) is 36.4 Å². The average molecular weight is 335 g/mol. The summed E-state index contributed by atoms with van der Waals surface area (Å²) in [6.45, 7) is 4.44. The van der Waals surface area contributed by atoms with Gasteiger partial charge in [-0.05, 0) is 37.1 Å². The summed E-state index contributed by atoms with van der Waals surface area (Å²) in [5.74, 6) is -0.0414. The number of rotatable bonds is 5. The van der Waals surface area contributed by atoms with Gasteiger partial charge in [0.2, 0.25) is 11.3 Å². The number of carbonyl (C=O) groups is 1. The number of benzene rings is 2. The lowest BCUT2D eigenvalue weighted by Crippen LogP contribution is -2.28. The van der Waals surface area contributed by atoms with Crippen LogP contribution in [-0.2, 0) is 11.3 Å². The lowest BCUT2D eigenvalue weighted by atomic mass is 10.0. The molecule has 3 aromatic rings. The minimum absolute atomic E-state index is 0.0414. The van der Waals surface area contributed by atoms with Gasteiger partial charge in [0, 0.05) is 11.8 Å². The normalized spacial score (nSPS) is 12.1. The molecule has 5 nitrogen and oxygen atoms in total. The standard InChI is InChI=1S/C20H21N3O2/c1-14-7-3-4-8-16(14)15(2)22-20(25)11-12-23-18-10-6-5-9-17(18)19(24)13-21-23/h3-10,13,15H,11-12H2,1-2H3,(H,22,25)/t15-/m1/s1. The molecule has 0 saturated heterocycles. The first kappa shape index (κ1) is 16.9. The van der Waals surface area contributed by atoms with Crippen molar-refractivity contribution in [3.63, 3.8) is 0 Å². The predicted molar refractivity (Wildman–Crippen MR) is 98.4 cm³/mol. The highest BCUT2D eigenvalue weighted by Crippen LogP contribution is 2.16. The molecule has 3 rings (SSSR count). The lowest BCUT2D eigenvalue weighted by Gasteiger charge is -2.17. The van der Waals surface area contributed by atoms with Crippen LogP contribution >= 0.6 is 0 Å². The molecule has 25 heavy (non-hydrogen) atoms. The number of hydrogen-bond acceptors (Lipinski definition) is 3. The summed E-state index contributed by atoms with van der Waals surface area (Å²) in [4.78, 5) is 24.1. The number of hydrogen-bond donors (Lipinski definition) is 1. The van der Waals surface area contributed by atoms with Gasteiger partial charge >= 0.3 is 0 Å². The third kappa shape index (κ3) is 3.76. The SMILES string of the molecule is Cc1ccccc1[C@@H](C)NC(=O)CCn1ncc(=O)c2ccccc21. The Morgan fingerprint density at radius 2 is 1.88 bits per heavy atom. The Kier molecular flexibility index (Phi) is 4.93. The van der Waals surface area contributed by atoms with Crippen LogP contribution < -0.4 is 10.7 Å². The Labute approximate surface area is 146 Å². The van der Waals surface area contributed by atoms with Crippen molar-refractivity contribution in [3.05, 3.63) is 76.1 Å². The molecule has 0 unspecified atom stereocenters. The number of para-hydroxylation sites is 1. The Balaban J connectivity index is 1.68. The average Bonchev–Trinajstić information content (AvgIpc) is 2.61. The Hall–Kier alpha value is -2.95. The van der Waals surface area contributed by atoms with Gasteiger partial charge in [0.05, 0.1) is 24.3 Å². The van der Waals surface area contributed by atoms with E-state index in [-0.39, 0.29) is 17.4 Å². The van der Waals surface area contributed by atoms with Crippen molar-refractivity contribution in [1.29, 1.82) is 0 Å². The van der Waals surface area contributed by atoms with E-state index >= 15 is 0 Å². The molecule has 0 bridgehead atoms. The van der Waals surface area contributed by atoms with E-state index in [1.807, 2.05) is 56.3 Å². The molecule has 1 N–H and O–H groups in total. The van der Waals surface area contributed by atoms with E-state index in [2.05, 4.69) is 10.4 Å². The zero-order chi connectivity index (χ0) is 17.8. The van der Waals surface area contributed by atoms with Gasteiger partial charge in [0.15, 0.2) is 0 Å². The summed E-state index contributed by atoms with van der Waals surface area (Å²) in [6, 6.07) is 15.3. The second kappa shape index (κ2) is 7.30. The quantitative estimate of drug-likeness (QED) is 0.779. The van der Waals surface area contributed by atoms with E-state index in [9.17, 15) is 9.59 Å². The molecule has 0 fully saturated rings. The zero-order valence-corrected chi connectivity index (χ0v) is 14.4. The Morgan fingerprint density at radius 3 is 2.68 bits per heavy atom. The summed E-state index contributed by atoms with van der Waals surface area (Å²) in [6.07, 6.45) is 1.60. The number of aryl methyl sites for hydroxylation is 2. The first-order chi connectivity index (χ1) is 12.1. The second-order valence-corrected chi connectivity index (χ2v) is 6.14. The molecule has 0 saturated carbocycles. The van der Waals surface area contributed by atoms with E-state index in [0.29, 0.717) is 18.4 Å². The van der Waals surface area contributed by atoms with Crippen LogP contribution in [0, 0.1) is 6.92 Å². The van der Waals surface area contributed by atoms with Crippen molar-refractivity contribution in [3.8, 4) is 0 Å². The highest BCUT2D eigenvalue weighted by molar-refractivity contribution is 5.79. The van der Waals surface area contributed by atoms with Crippen LogP contribution in [0.15, 0.2) is 59.5 Å². The van der Waals surface area contributed by atoms with E-state index in [4.69, 9.17) is 0 Å². The topological polar surface area (TPSA) is 64.0 Å². The molecule has 1 heterocycles. The number of nitrogens with one attached hydrogen (secondary N) is 1.